The van der Waals surface area contributed by atoms with Crippen LogP contribution in [0.3, 0.4) is 0 Å². The highest BCUT2D eigenvalue weighted by molar-refractivity contribution is 6.49. The number of carbonyl (C=O) groups is 1. The van der Waals surface area contributed by atoms with Crippen molar-refractivity contribution < 1.29 is 14.6 Å². The number of benzene rings is 1. The number of fused-ring (bicyclic) bond motifs is 1. The zero-order valence-corrected chi connectivity index (χ0v) is 11.4. The molecule has 0 atom stereocenters. The molecule has 0 aliphatic rings. The van der Waals surface area contributed by atoms with Crippen LogP contribution in [0.25, 0.3) is 10.9 Å². The standard InChI is InChI=1S/C13H17BN2O3/c1-13(2,3)12(17)19-8-16-11-6-4-5-10(14-18)9(11)7-15-16/h4-7,14,18H,8H2,1-3H3. The molecule has 1 aromatic heterocycles. The lowest BCUT2D eigenvalue weighted by Gasteiger charge is -2.16. The van der Waals surface area contributed by atoms with E-state index >= 15 is 0 Å². The molecule has 0 unspecified atom stereocenters. The summed E-state index contributed by atoms with van der Waals surface area (Å²) < 4.78 is 6.84. The van der Waals surface area contributed by atoms with Crippen LogP contribution in [0.5, 0.6) is 0 Å². The maximum atomic E-state index is 11.7. The Bertz CT molecular complexity index is 601. The predicted octanol–water partition coefficient (Wildman–Crippen LogP) is 0.552. The van der Waals surface area contributed by atoms with E-state index < -0.39 is 5.41 Å². The van der Waals surface area contributed by atoms with Crippen molar-refractivity contribution >= 4 is 29.8 Å². The largest absolute Gasteiger partial charge is 0.449 e. The second-order valence-electron chi connectivity index (χ2n) is 5.46. The number of aromatic nitrogens is 2. The first-order chi connectivity index (χ1) is 8.93. The van der Waals surface area contributed by atoms with Crippen LogP contribution in [0.2, 0.25) is 0 Å². The van der Waals surface area contributed by atoms with Crippen molar-refractivity contribution in [3.8, 4) is 0 Å². The van der Waals surface area contributed by atoms with Crippen molar-refractivity contribution in [3.63, 3.8) is 0 Å². The Kier molecular flexibility index (Phi) is 3.62. The predicted molar refractivity (Wildman–Crippen MR) is 74.3 cm³/mol. The molecular formula is C13H17BN2O3. The summed E-state index contributed by atoms with van der Waals surface area (Å²) in [5.74, 6) is -0.269. The highest BCUT2D eigenvalue weighted by atomic mass is 16.5. The summed E-state index contributed by atoms with van der Waals surface area (Å²) in [4.78, 5) is 11.7. The van der Waals surface area contributed by atoms with Crippen LogP contribution < -0.4 is 5.46 Å². The van der Waals surface area contributed by atoms with E-state index in [0.29, 0.717) is 0 Å². The maximum absolute atomic E-state index is 11.7. The zero-order valence-electron chi connectivity index (χ0n) is 11.4. The van der Waals surface area contributed by atoms with Gasteiger partial charge in [-0.05, 0) is 32.3 Å². The van der Waals surface area contributed by atoms with E-state index in [0.717, 1.165) is 16.4 Å². The van der Waals surface area contributed by atoms with Gasteiger partial charge in [0.1, 0.15) is 0 Å². The van der Waals surface area contributed by atoms with Gasteiger partial charge in [-0.15, -0.1) is 0 Å². The number of rotatable bonds is 3. The Hall–Kier alpha value is -1.82. The first kappa shape index (κ1) is 13.6. The molecule has 0 saturated heterocycles. The van der Waals surface area contributed by atoms with Gasteiger partial charge in [0.25, 0.3) is 0 Å². The molecule has 0 aliphatic heterocycles. The molecule has 19 heavy (non-hydrogen) atoms. The molecule has 0 spiro atoms. The second-order valence-corrected chi connectivity index (χ2v) is 5.46. The molecule has 0 fully saturated rings. The maximum Gasteiger partial charge on any atom is 0.313 e. The van der Waals surface area contributed by atoms with E-state index in [4.69, 9.17) is 4.74 Å². The SMILES string of the molecule is CC(C)(C)C(=O)OCn1ncc2c(BO)cccc21. The molecule has 1 aromatic carbocycles. The highest BCUT2D eigenvalue weighted by Gasteiger charge is 2.23. The molecule has 1 heterocycles. The Morgan fingerprint density at radius 1 is 1.47 bits per heavy atom. The summed E-state index contributed by atoms with van der Waals surface area (Å²) in [5, 5.41) is 14.3. The fourth-order valence-electron chi connectivity index (χ4n) is 1.74. The van der Waals surface area contributed by atoms with Crippen LogP contribution >= 0.6 is 0 Å². The van der Waals surface area contributed by atoms with Crippen molar-refractivity contribution in [1.29, 1.82) is 0 Å². The molecule has 2 aromatic rings. The molecule has 6 heteroatoms. The van der Waals surface area contributed by atoms with Gasteiger partial charge in [0.15, 0.2) is 6.73 Å². The van der Waals surface area contributed by atoms with E-state index in [-0.39, 0.29) is 20.2 Å². The summed E-state index contributed by atoms with van der Waals surface area (Å²) in [7, 11) is -0.0369. The van der Waals surface area contributed by atoms with Gasteiger partial charge in [-0.1, -0.05) is 12.1 Å². The van der Waals surface area contributed by atoms with Crippen molar-refractivity contribution in [3.05, 3.63) is 24.4 Å². The molecular weight excluding hydrogens is 243 g/mol. The van der Waals surface area contributed by atoms with E-state index in [1.165, 1.54) is 0 Å². The summed E-state index contributed by atoms with van der Waals surface area (Å²) in [5.41, 5.74) is 1.12. The molecule has 0 bridgehead atoms. The monoisotopic (exact) mass is 260 g/mol. The lowest BCUT2D eigenvalue weighted by Crippen LogP contribution is -2.24. The first-order valence-corrected chi connectivity index (χ1v) is 6.15. The highest BCUT2D eigenvalue weighted by Crippen LogP contribution is 2.16. The minimum Gasteiger partial charge on any atom is -0.449 e. The Morgan fingerprint density at radius 3 is 2.84 bits per heavy atom. The van der Waals surface area contributed by atoms with Crippen LogP contribution in [0.4, 0.5) is 0 Å². The number of ether oxygens (including phenoxy) is 1. The zero-order chi connectivity index (χ0) is 14.0. The topological polar surface area (TPSA) is 64.4 Å². The lowest BCUT2D eigenvalue weighted by molar-refractivity contribution is -0.157. The van der Waals surface area contributed by atoms with Gasteiger partial charge in [0.05, 0.1) is 17.1 Å². The molecule has 1 N–H and O–H groups in total. The van der Waals surface area contributed by atoms with E-state index in [1.54, 1.807) is 31.6 Å². The quantitative estimate of drug-likeness (QED) is 0.646. The van der Waals surface area contributed by atoms with Gasteiger partial charge in [-0.3, -0.25) is 4.79 Å². The van der Waals surface area contributed by atoms with E-state index in [9.17, 15) is 9.82 Å². The van der Waals surface area contributed by atoms with Crippen molar-refractivity contribution in [2.24, 2.45) is 5.41 Å². The molecule has 2 rings (SSSR count). The van der Waals surface area contributed by atoms with Crippen LogP contribution in [-0.2, 0) is 16.3 Å². The normalized spacial score (nSPS) is 11.6. The third-order valence-electron chi connectivity index (χ3n) is 2.88. The van der Waals surface area contributed by atoms with Gasteiger partial charge < -0.3 is 9.76 Å². The van der Waals surface area contributed by atoms with Crippen LogP contribution in [0.1, 0.15) is 20.8 Å². The van der Waals surface area contributed by atoms with Crippen molar-refractivity contribution in [1.82, 2.24) is 9.78 Å². The molecule has 0 radical (unpaired) electrons. The van der Waals surface area contributed by atoms with Crippen LogP contribution in [0, 0.1) is 5.41 Å². The minimum absolute atomic E-state index is 0.0369. The number of esters is 1. The molecule has 0 amide bonds. The smallest absolute Gasteiger partial charge is 0.313 e. The number of hydrogen-bond donors (Lipinski definition) is 1. The van der Waals surface area contributed by atoms with Crippen molar-refractivity contribution in [2.75, 3.05) is 0 Å². The molecule has 100 valence electrons. The van der Waals surface area contributed by atoms with Gasteiger partial charge in [-0.25, -0.2) is 4.68 Å². The summed E-state index contributed by atoms with van der Waals surface area (Å²) in [6.45, 7) is 5.50. The number of nitrogens with zero attached hydrogens (tertiary/aromatic N) is 2. The second kappa shape index (κ2) is 5.05. The van der Waals surface area contributed by atoms with Crippen LogP contribution in [-0.4, -0.2) is 28.3 Å². The Balaban J connectivity index is 2.21. The van der Waals surface area contributed by atoms with Gasteiger partial charge in [-0.2, -0.15) is 5.10 Å². The molecule has 0 saturated carbocycles. The average Bonchev–Trinajstić information content (AvgIpc) is 2.77. The van der Waals surface area contributed by atoms with Crippen molar-refractivity contribution in [2.45, 2.75) is 27.5 Å². The fraction of sp³-hybridized carbons (Fsp3) is 0.385. The number of carbonyl (C=O) groups excluding carboxylic acids is 1. The molecule has 0 aliphatic carbocycles. The third-order valence-corrected chi connectivity index (χ3v) is 2.88. The summed E-state index contributed by atoms with van der Waals surface area (Å²) in [6.07, 6.45) is 1.67. The van der Waals surface area contributed by atoms with Gasteiger partial charge in [0.2, 0.25) is 0 Å². The molecule has 5 nitrogen and oxygen atoms in total. The summed E-state index contributed by atoms with van der Waals surface area (Å²) in [6, 6.07) is 5.57. The van der Waals surface area contributed by atoms with E-state index in [2.05, 4.69) is 5.10 Å². The minimum atomic E-state index is -0.529. The number of hydrogen-bond acceptors (Lipinski definition) is 4. The first-order valence-electron chi connectivity index (χ1n) is 6.15. The Morgan fingerprint density at radius 2 is 2.21 bits per heavy atom. The van der Waals surface area contributed by atoms with Gasteiger partial charge >= 0.3 is 13.5 Å². The third kappa shape index (κ3) is 2.79. The summed E-state index contributed by atoms with van der Waals surface area (Å²) >= 11 is 0. The van der Waals surface area contributed by atoms with Gasteiger partial charge in [0, 0.05) is 5.39 Å². The average molecular weight is 260 g/mol. The van der Waals surface area contributed by atoms with E-state index in [1.807, 2.05) is 18.2 Å². The fourth-order valence-corrected chi connectivity index (χ4v) is 1.74. The lowest BCUT2D eigenvalue weighted by atomic mass is 9.86. The Labute approximate surface area is 112 Å². The van der Waals surface area contributed by atoms with Crippen LogP contribution in [0.15, 0.2) is 24.4 Å².